The first-order valence-electron chi connectivity index (χ1n) is 6.88. The normalized spacial score (nSPS) is 24.6. The van der Waals surface area contributed by atoms with Crippen LogP contribution < -0.4 is 10.6 Å². The lowest BCUT2D eigenvalue weighted by atomic mass is 9.93. The van der Waals surface area contributed by atoms with Crippen LogP contribution in [0.25, 0.3) is 0 Å². The summed E-state index contributed by atoms with van der Waals surface area (Å²) in [5.41, 5.74) is 0. The number of hydrogen-bond acceptors (Lipinski definition) is 3. The van der Waals surface area contributed by atoms with Crippen LogP contribution in [0.4, 0.5) is 0 Å². The lowest BCUT2D eigenvalue weighted by Gasteiger charge is -2.28. The summed E-state index contributed by atoms with van der Waals surface area (Å²) in [7, 11) is 0. The Kier molecular flexibility index (Phi) is 7.21. The van der Waals surface area contributed by atoms with Crippen LogP contribution in [0.2, 0.25) is 0 Å². The van der Waals surface area contributed by atoms with E-state index >= 15 is 0 Å². The van der Waals surface area contributed by atoms with Gasteiger partial charge in [0.2, 0.25) is 5.91 Å². The van der Waals surface area contributed by atoms with Crippen molar-refractivity contribution in [2.24, 2.45) is 0 Å². The van der Waals surface area contributed by atoms with Crippen molar-refractivity contribution in [1.82, 2.24) is 10.6 Å². The first-order valence-corrected chi connectivity index (χ1v) is 6.88. The van der Waals surface area contributed by atoms with E-state index in [1.807, 2.05) is 6.92 Å². The van der Waals surface area contributed by atoms with Crippen molar-refractivity contribution >= 4 is 5.91 Å². The Bertz CT molecular complexity index is 213. The van der Waals surface area contributed by atoms with Gasteiger partial charge in [-0.1, -0.05) is 13.8 Å². The second kappa shape index (κ2) is 8.48. The van der Waals surface area contributed by atoms with Crippen molar-refractivity contribution in [3.8, 4) is 0 Å². The van der Waals surface area contributed by atoms with Crippen LogP contribution in [-0.4, -0.2) is 37.7 Å². The lowest BCUT2D eigenvalue weighted by molar-refractivity contribution is -0.128. The van der Waals surface area contributed by atoms with Gasteiger partial charge in [0, 0.05) is 12.6 Å². The SMILES string of the molecule is CCCNC(=O)COC1CCC(NCC)CC1. The third-order valence-corrected chi connectivity index (χ3v) is 3.19. The highest BCUT2D eigenvalue weighted by Gasteiger charge is 2.21. The van der Waals surface area contributed by atoms with Gasteiger partial charge in [-0.2, -0.15) is 0 Å². The fourth-order valence-corrected chi connectivity index (χ4v) is 2.23. The van der Waals surface area contributed by atoms with Crippen LogP contribution >= 0.6 is 0 Å². The highest BCUT2D eigenvalue weighted by Crippen LogP contribution is 2.20. The van der Waals surface area contributed by atoms with Crippen LogP contribution in [0.1, 0.15) is 46.0 Å². The zero-order chi connectivity index (χ0) is 12.5. The fourth-order valence-electron chi connectivity index (χ4n) is 2.23. The molecule has 0 radical (unpaired) electrons. The number of rotatable bonds is 7. The van der Waals surface area contributed by atoms with Gasteiger partial charge in [-0.15, -0.1) is 0 Å². The van der Waals surface area contributed by atoms with Gasteiger partial charge in [-0.05, 0) is 38.6 Å². The molecule has 0 unspecified atom stereocenters. The molecule has 0 bridgehead atoms. The number of carbonyl (C=O) groups excluding carboxylic acids is 1. The molecular formula is C13H26N2O2. The van der Waals surface area contributed by atoms with Crippen molar-refractivity contribution in [2.45, 2.75) is 58.1 Å². The third kappa shape index (κ3) is 6.03. The van der Waals surface area contributed by atoms with Gasteiger partial charge in [0.25, 0.3) is 0 Å². The van der Waals surface area contributed by atoms with E-state index < -0.39 is 0 Å². The largest absolute Gasteiger partial charge is 0.368 e. The summed E-state index contributed by atoms with van der Waals surface area (Å²) < 4.78 is 5.63. The molecule has 4 heteroatoms. The molecule has 1 amide bonds. The fraction of sp³-hybridized carbons (Fsp3) is 0.923. The van der Waals surface area contributed by atoms with Gasteiger partial charge >= 0.3 is 0 Å². The average molecular weight is 242 g/mol. The van der Waals surface area contributed by atoms with Gasteiger partial charge in [0.1, 0.15) is 6.61 Å². The molecule has 2 N–H and O–H groups in total. The summed E-state index contributed by atoms with van der Waals surface area (Å²) in [6, 6.07) is 0.647. The van der Waals surface area contributed by atoms with Crippen LogP contribution in [0.3, 0.4) is 0 Å². The lowest BCUT2D eigenvalue weighted by Crippen LogP contribution is -2.36. The van der Waals surface area contributed by atoms with Crippen molar-refractivity contribution < 1.29 is 9.53 Å². The minimum Gasteiger partial charge on any atom is -0.368 e. The van der Waals surface area contributed by atoms with Gasteiger partial charge in [-0.25, -0.2) is 0 Å². The highest BCUT2D eigenvalue weighted by atomic mass is 16.5. The molecule has 1 aliphatic rings. The molecule has 0 saturated heterocycles. The maximum Gasteiger partial charge on any atom is 0.246 e. The molecule has 1 aliphatic carbocycles. The number of carbonyl (C=O) groups is 1. The maximum atomic E-state index is 11.4. The quantitative estimate of drug-likeness (QED) is 0.710. The van der Waals surface area contributed by atoms with Gasteiger partial charge in [0.15, 0.2) is 0 Å². The average Bonchev–Trinajstić information content (AvgIpc) is 2.36. The Balaban J connectivity index is 2.07. The summed E-state index contributed by atoms with van der Waals surface area (Å²) in [5.74, 6) is 0.0145. The van der Waals surface area contributed by atoms with Crippen LogP contribution in [0.15, 0.2) is 0 Å². The second-order valence-electron chi connectivity index (χ2n) is 4.69. The van der Waals surface area contributed by atoms with Crippen LogP contribution in [0.5, 0.6) is 0 Å². The second-order valence-corrected chi connectivity index (χ2v) is 4.69. The molecule has 0 heterocycles. The molecule has 1 fully saturated rings. The topological polar surface area (TPSA) is 50.4 Å². The summed E-state index contributed by atoms with van der Waals surface area (Å²) >= 11 is 0. The molecule has 1 rings (SSSR count). The van der Waals surface area contributed by atoms with Crippen LogP contribution in [-0.2, 0) is 9.53 Å². The molecule has 4 nitrogen and oxygen atoms in total. The standard InChI is InChI=1S/C13H26N2O2/c1-3-9-15-13(16)10-17-12-7-5-11(6-8-12)14-4-2/h11-12,14H,3-10H2,1-2H3,(H,15,16). The number of ether oxygens (including phenoxy) is 1. The maximum absolute atomic E-state index is 11.4. The predicted molar refractivity (Wildman–Crippen MR) is 69.0 cm³/mol. The minimum atomic E-state index is 0.0145. The third-order valence-electron chi connectivity index (χ3n) is 3.19. The summed E-state index contributed by atoms with van der Waals surface area (Å²) in [6.45, 7) is 6.19. The Labute approximate surface area is 104 Å². The Morgan fingerprint density at radius 1 is 1.24 bits per heavy atom. The molecule has 100 valence electrons. The number of hydrogen-bond donors (Lipinski definition) is 2. The van der Waals surface area contributed by atoms with E-state index in [0.717, 1.165) is 45.2 Å². The van der Waals surface area contributed by atoms with Crippen molar-refractivity contribution in [2.75, 3.05) is 19.7 Å². The predicted octanol–water partition coefficient (Wildman–Crippen LogP) is 1.45. The van der Waals surface area contributed by atoms with Gasteiger partial charge in [0.05, 0.1) is 6.10 Å². The molecule has 0 aromatic heterocycles. The monoisotopic (exact) mass is 242 g/mol. The van der Waals surface area contributed by atoms with Gasteiger partial charge < -0.3 is 15.4 Å². The zero-order valence-corrected chi connectivity index (χ0v) is 11.1. The Morgan fingerprint density at radius 2 is 1.94 bits per heavy atom. The first-order chi connectivity index (χ1) is 8.26. The Morgan fingerprint density at radius 3 is 2.53 bits per heavy atom. The van der Waals surface area contributed by atoms with E-state index in [1.54, 1.807) is 0 Å². The molecule has 1 saturated carbocycles. The first kappa shape index (κ1) is 14.5. The summed E-state index contributed by atoms with van der Waals surface area (Å²) in [6.07, 6.45) is 5.71. The van der Waals surface area contributed by atoms with E-state index in [0.29, 0.717) is 6.04 Å². The molecule has 0 aromatic rings. The molecule has 0 aromatic carbocycles. The van der Waals surface area contributed by atoms with E-state index in [1.165, 1.54) is 0 Å². The van der Waals surface area contributed by atoms with E-state index in [4.69, 9.17) is 4.74 Å². The van der Waals surface area contributed by atoms with Crippen molar-refractivity contribution in [1.29, 1.82) is 0 Å². The Hall–Kier alpha value is -0.610. The minimum absolute atomic E-state index is 0.0145. The molecule has 0 atom stereocenters. The number of nitrogens with one attached hydrogen (secondary N) is 2. The zero-order valence-electron chi connectivity index (χ0n) is 11.1. The van der Waals surface area contributed by atoms with Crippen molar-refractivity contribution in [3.63, 3.8) is 0 Å². The van der Waals surface area contributed by atoms with Gasteiger partial charge in [-0.3, -0.25) is 4.79 Å². The van der Waals surface area contributed by atoms with Crippen molar-refractivity contribution in [3.05, 3.63) is 0 Å². The summed E-state index contributed by atoms with van der Waals surface area (Å²) in [5, 5.41) is 6.29. The van der Waals surface area contributed by atoms with E-state index in [9.17, 15) is 4.79 Å². The highest BCUT2D eigenvalue weighted by molar-refractivity contribution is 5.77. The molecule has 17 heavy (non-hydrogen) atoms. The van der Waals surface area contributed by atoms with E-state index in [2.05, 4.69) is 17.6 Å². The summed E-state index contributed by atoms with van der Waals surface area (Å²) in [4.78, 5) is 11.4. The van der Waals surface area contributed by atoms with E-state index in [-0.39, 0.29) is 18.6 Å². The molecule has 0 aliphatic heterocycles. The smallest absolute Gasteiger partial charge is 0.246 e. The number of amides is 1. The molecular weight excluding hydrogens is 216 g/mol. The molecule has 0 spiro atoms. The van der Waals surface area contributed by atoms with Crippen LogP contribution in [0, 0.1) is 0 Å².